The molecule has 2 N–H and O–H groups in total. The summed E-state index contributed by atoms with van der Waals surface area (Å²) in [5, 5.41) is 12.7. The molecule has 0 bridgehead atoms. The van der Waals surface area contributed by atoms with Gasteiger partial charge in [0.05, 0.1) is 5.75 Å². The maximum Gasteiger partial charge on any atom is 0.319 e. The maximum atomic E-state index is 11.7. The summed E-state index contributed by atoms with van der Waals surface area (Å²) in [6.07, 6.45) is 1.03. The lowest BCUT2D eigenvalue weighted by Crippen LogP contribution is -2.29. The molecule has 0 saturated carbocycles. The number of amides is 1. The first-order valence-electron chi connectivity index (χ1n) is 5.99. The predicted octanol–water partition coefficient (Wildman–Crippen LogP) is 2.58. The Kier molecular flexibility index (Phi) is 6.77. The van der Waals surface area contributed by atoms with Crippen LogP contribution in [0.1, 0.15) is 27.2 Å². The summed E-state index contributed by atoms with van der Waals surface area (Å²) < 4.78 is 3.14. The second-order valence-corrected chi connectivity index (χ2v) is 7.79. The summed E-state index contributed by atoms with van der Waals surface area (Å²) >= 11 is 3.75. The van der Waals surface area contributed by atoms with Gasteiger partial charge >= 0.3 is 5.97 Å². The van der Waals surface area contributed by atoms with Gasteiger partial charge in [-0.05, 0) is 20.3 Å². The summed E-state index contributed by atoms with van der Waals surface area (Å²) in [7, 11) is 0. The van der Waals surface area contributed by atoms with Gasteiger partial charge in [-0.1, -0.05) is 18.7 Å². The Morgan fingerprint density at radius 2 is 2.15 bits per heavy atom. The van der Waals surface area contributed by atoms with Gasteiger partial charge < -0.3 is 5.11 Å². The van der Waals surface area contributed by atoms with E-state index in [1.54, 1.807) is 25.6 Å². The molecular weight excluding hydrogens is 318 g/mol. The molecule has 112 valence electrons. The SMILES string of the molecule is CCCSc1nsc(NC(=O)CSC(C)(C)C(=O)O)n1. The molecule has 1 amide bonds. The van der Waals surface area contributed by atoms with E-state index in [2.05, 4.69) is 21.6 Å². The van der Waals surface area contributed by atoms with Crippen LogP contribution in [0, 0.1) is 0 Å². The van der Waals surface area contributed by atoms with Gasteiger partial charge in [-0.15, -0.1) is 11.8 Å². The molecule has 1 aromatic heterocycles. The summed E-state index contributed by atoms with van der Waals surface area (Å²) in [4.78, 5) is 26.8. The van der Waals surface area contributed by atoms with Crippen LogP contribution in [-0.4, -0.2) is 42.6 Å². The lowest BCUT2D eigenvalue weighted by atomic mass is 10.2. The molecule has 0 saturated heterocycles. The number of anilines is 1. The summed E-state index contributed by atoms with van der Waals surface area (Å²) in [6, 6.07) is 0. The van der Waals surface area contributed by atoms with E-state index in [0.29, 0.717) is 10.3 Å². The number of aromatic nitrogens is 2. The largest absolute Gasteiger partial charge is 0.480 e. The third kappa shape index (κ3) is 5.68. The number of carboxylic acids is 1. The molecule has 0 fully saturated rings. The molecule has 9 heteroatoms. The van der Waals surface area contributed by atoms with E-state index in [9.17, 15) is 9.59 Å². The molecule has 0 aliphatic rings. The highest BCUT2D eigenvalue weighted by atomic mass is 32.2. The van der Waals surface area contributed by atoms with Crippen molar-refractivity contribution in [1.29, 1.82) is 0 Å². The van der Waals surface area contributed by atoms with Crippen LogP contribution >= 0.6 is 35.1 Å². The fourth-order valence-corrected chi connectivity index (χ4v) is 3.08. The molecule has 0 atom stereocenters. The van der Waals surface area contributed by atoms with Crippen molar-refractivity contribution in [3.05, 3.63) is 0 Å². The molecule has 6 nitrogen and oxygen atoms in total. The number of aliphatic carboxylic acids is 1. The minimum absolute atomic E-state index is 0.0658. The number of hydrogen-bond acceptors (Lipinski definition) is 7. The number of carboxylic acid groups (broad SMARTS) is 1. The smallest absolute Gasteiger partial charge is 0.319 e. The van der Waals surface area contributed by atoms with Gasteiger partial charge in [0, 0.05) is 17.3 Å². The van der Waals surface area contributed by atoms with Crippen molar-refractivity contribution in [1.82, 2.24) is 9.36 Å². The molecule has 0 aliphatic carbocycles. The van der Waals surface area contributed by atoms with Gasteiger partial charge in [-0.2, -0.15) is 9.36 Å². The van der Waals surface area contributed by atoms with Gasteiger partial charge in [0.15, 0.2) is 0 Å². The zero-order valence-electron chi connectivity index (χ0n) is 11.5. The second kappa shape index (κ2) is 7.84. The van der Waals surface area contributed by atoms with E-state index >= 15 is 0 Å². The number of rotatable bonds is 8. The van der Waals surface area contributed by atoms with E-state index in [-0.39, 0.29) is 11.7 Å². The van der Waals surface area contributed by atoms with Gasteiger partial charge in [-0.25, -0.2) is 0 Å². The van der Waals surface area contributed by atoms with Crippen LogP contribution in [0.3, 0.4) is 0 Å². The van der Waals surface area contributed by atoms with E-state index in [0.717, 1.165) is 35.5 Å². The number of nitrogens with one attached hydrogen (secondary N) is 1. The van der Waals surface area contributed by atoms with Gasteiger partial charge in [0.2, 0.25) is 16.2 Å². The average Bonchev–Trinajstić information content (AvgIpc) is 2.81. The monoisotopic (exact) mass is 335 g/mol. The number of hydrogen-bond donors (Lipinski definition) is 2. The van der Waals surface area contributed by atoms with Crippen LogP contribution in [0.5, 0.6) is 0 Å². The standard InChI is InChI=1S/C11H17N3O3S3/c1-4-5-18-10-13-9(20-14-10)12-7(15)6-19-11(2,3)8(16)17/h4-6H2,1-3H3,(H,16,17)(H,12,13,14,15). The van der Waals surface area contributed by atoms with Crippen molar-refractivity contribution in [2.45, 2.75) is 37.1 Å². The molecule has 1 aromatic rings. The maximum absolute atomic E-state index is 11.7. The van der Waals surface area contributed by atoms with Crippen molar-refractivity contribution in [3.63, 3.8) is 0 Å². The predicted molar refractivity (Wildman–Crippen MR) is 83.7 cm³/mol. The normalized spacial score (nSPS) is 11.3. The quantitative estimate of drug-likeness (QED) is 0.705. The van der Waals surface area contributed by atoms with Gasteiger partial charge in [0.25, 0.3) is 0 Å². The Morgan fingerprint density at radius 1 is 1.45 bits per heavy atom. The fourth-order valence-electron chi connectivity index (χ4n) is 0.976. The second-order valence-electron chi connectivity index (χ2n) is 4.38. The third-order valence-corrected chi connectivity index (χ3v) is 5.27. The lowest BCUT2D eigenvalue weighted by molar-refractivity contribution is -0.138. The molecule has 1 heterocycles. The van der Waals surface area contributed by atoms with Crippen LogP contribution in [0.4, 0.5) is 5.13 Å². The van der Waals surface area contributed by atoms with Crippen LogP contribution in [0.15, 0.2) is 5.16 Å². The molecular formula is C11H17N3O3S3. The highest BCUT2D eigenvalue weighted by Crippen LogP contribution is 2.25. The van der Waals surface area contributed by atoms with Crippen molar-refractivity contribution in [2.24, 2.45) is 0 Å². The Labute approximate surface area is 130 Å². The number of carbonyl (C=O) groups is 2. The van der Waals surface area contributed by atoms with E-state index in [1.165, 1.54) is 0 Å². The van der Waals surface area contributed by atoms with Gasteiger partial charge in [0.1, 0.15) is 4.75 Å². The minimum atomic E-state index is -0.986. The Morgan fingerprint density at radius 3 is 2.75 bits per heavy atom. The lowest BCUT2D eigenvalue weighted by Gasteiger charge is -2.17. The molecule has 1 rings (SSSR count). The average molecular weight is 335 g/mol. The first-order chi connectivity index (χ1) is 9.35. The zero-order chi connectivity index (χ0) is 15.2. The molecule has 0 spiro atoms. The minimum Gasteiger partial charge on any atom is -0.480 e. The van der Waals surface area contributed by atoms with Crippen molar-refractivity contribution >= 4 is 52.1 Å². The first-order valence-corrected chi connectivity index (χ1v) is 8.73. The van der Waals surface area contributed by atoms with Crippen LogP contribution in [-0.2, 0) is 9.59 Å². The van der Waals surface area contributed by atoms with E-state index in [4.69, 9.17) is 5.11 Å². The van der Waals surface area contributed by atoms with Gasteiger partial charge in [-0.3, -0.25) is 14.9 Å². The summed E-state index contributed by atoms with van der Waals surface area (Å²) in [6.45, 7) is 5.21. The molecule has 20 heavy (non-hydrogen) atoms. The highest BCUT2D eigenvalue weighted by Gasteiger charge is 2.28. The fraction of sp³-hybridized carbons (Fsp3) is 0.636. The molecule has 0 unspecified atom stereocenters. The number of thioether (sulfide) groups is 2. The zero-order valence-corrected chi connectivity index (χ0v) is 14.0. The van der Waals surface area contributed by atoms with Crippen molar-refractivity contribution in [3.8, 4) is 0 Å². The first kappa shape index (κ1) is 17.3. The Hall–Kier alpha value is -0.800. The van der Waals surface area contributed by atoms with Crippen LogP contribution in [0.25, 0.3) is 0 Å². The van der Waals surface area contributed by atoms with E-state index in [1.807, 2.05) is 0 Å². The topological polar surface area (TPSA) is 92.2 Å². The number of nitrogens with zero attached hydrogens (tertiary/aromatic N) is 2. The van der Waals surface area contributed by atoms with E-state index < -0.39 is 10.7 Å². The third-order valence-electron chi connectivity index (χ3n) is 2.17. The number of carbonyl (C=O) groups excluding carboxylic acids is 1. The molecule has 0 aromatic carbocycles. The summed E-state index contributed by atoms with van der Waals surface area (Å²) in [5.74, 6) is -0.208. The van der Waals surface area contributed by atoms with Crippen LogP contribution in [0.2, 0.25) is 0 Å². The molecule has 0 aliphatic heterocycles. The Bertz CT molecular complexity index is 476. The van der Waals surface area contributed by atoms with Crippen LogP contribution < -0.4 is 5.32 Å². The summed E-state index contributed by atoms with van der Waals surface area (Å²) in [5.41, 5.74) is 0. The molecule has 0 radical (unpaired) electrons. The van der Waals surface area contributed by atoms with Crippen molar-refractivity contribution < 1.29 is 14.7 Å². The Balaban J connectivity index is 2.42. The van der Waals surface area contributed by atoms with Crippen molar-refractivity contribution in [2.75, 3.05) is 16.8 Å². The highest BCUT2D eigenvalue weighted by molar-refractivity contribution is 8.02.